The molecular weight excluding hydrogens is 379 g/mol. The zero-order valence-corrected chi connectivity index (χ0v) is 16.5. The quantitative estimate of drug-likeness (QED) is 0.697. The average Bonchev–Trinajstić information content (AvgIpc) is 3.28. The summed E-state index contributed by atoms with van der Waals surface area (Å²) in [5.41, 5.74) is 3.80. The molecule has 0 aliphatic carbocycles. The Balaban J connectivity index is 1.55. The Kier molecular flexibility index (Phi) is 5.21. The van der Waals surface area contributed by atoms with Gasteiger partial charge in [-0.25, -0.2) is 0 Å². The van der Waals surface area contributed by atoms with Gasteiger partial charge in [0.2, 0.25) is 0 Å². The third-order valence-corrected chi connectivity index (χ3v) is 5.59. The molecule has 0 bridgehead atoms. The van der Waals surface area contributed by atoms with Gasteiger partial charge in [-0.15, -0.1) is 0 Å². The number of aromatic amines is 1. The van der Waals surface area contributed by atoms with Gasteiger partial charge in [0.1, 0.15) is 0 Å². The summed E-state index contributed by atoms with van der Waals surface area (Å²) in [4.78, 5) is 2.38. The van der Waals surface area contributed by atoms with E-state index >= 15 is 0 Å². The average molecular weight is 403 g/mol. The van der Waals surface area contributed by atoms with Crippen LogP contribution in [0.4, 0.5) is 13.2 Å². The van der Waals surface area contributed by atoms with Gasteiger partial charge in [0.05, 0.1) is 17.5 Å². The standard InChI is InChI=1S/C21H24F3N5/c1-14-17(11-28(2)27-14)13-29-8-4-6-16(12-29)20-19(10-25-26-20)15-5-3-7-18(9-15)21(22,23)24/h3,5,7,9-11,16H,4,6,8,12-13H2,1-2H3,(H,25,26)/t16-/m1/s1. The first-order valence-electron chi connectivity index (χ1n) is 9.73. The van der Waals surface area contributed by atoms with Crippen LogP contribution in [0.25, 0.3) is 11.1 Å². The summed E-state index contributed by atoms with van der Waals surface area (Å²) in [5, 5.41) is 11.6. The maximum absolute atomic E-state index is 13.1. The second-order valence-electron chi connectivity index (χ2n) is 7.76. The van der Waals surface area contributed by atoms with Crippen molar-refractivity contribution in [3.63, 3.8) is 0 Å². The van der Waals surface area contributed by atoms with Gasteiger partial charge in [-0.2, -0.15) is 23.4 Å². The first kappa shape index (κ1) is 19.7. The van der Waals surface area contributed by atoms with Crippen molar-refractivity contribution >= 4 is 0 Å². The molecule has 0 radical (unpaired) electrons. The Morgan fingerprint density at radius 2 is 2.10 bits per heavy atom. The van der Waals surface area contributed by atoms with E-state index in [1.165, 1.54) is 17.7 Å². The minimum absolute atomic E-state index is 0.202. The Morgan fingerprint density at radius 1 is 1.28 bits per heavy atom. The van der Waals surface area contributed by atoms with Crippen molar-refractivity contribution in [2.75, 3.05) is 13.1 Å². The van der Waals surface area contributed by atoms with Crippen LogP contribution in [-0.2, 0) is 19.8 Å². The fraction of sp³-hybridized carbons (Fsp3) is 0.429. The van der Waals surface area contributed by atoms with E-state index in [1.807, 2.05) is 24.9 Å². The topological polar surface area (TPSA) is 49.7 Å². The summed E-state index contributed by atoms with van der Waals surface area (Å²) < 4.78 is 41.2. The van der Waals surface area contributed by atoms with Gasteiger partial charge in [0.25, 0.3) is 0 Å². The van der Waals surface area contributed by atoms with Gasteiger partial charge in [-0.05, 0) is 44.0 Å². The van der Waals surface area contributed by atoms with Crippen LogP contribution in [-0.4, -0.2) is 38.0 Å². The van der Waals surface area contributed by atoms with Crippen LogP contribution in [0.5, 0.6) is 0 Å². The number of aromatic nitrogens is 4. The van der Waals surface area contributed by atoms with Crippen molar-refractivity contribution in [3.8, 4) is 11.1 Å². The van der Waals surface area contributed by atoms with Crippen molar-refractivity contribution in [3.05, 3.63) is 59.2 Å². The zero-order chi connectivity index (χ0) is 20.6. The van der Waals surface area contributed by atoms with E-state index < -0.39 is 11.7 Å². The van der Waals surface area contributed by atoms with Crippen LogP contribution in [0, 0.1) is 6.92 Å². The summed E-state index contributed by atoms with van der Waals surface area (Å²) in [5.74, 6) is 0.202. The van der Waals surface area contributed by atoms with Gasteiger partial charge >= 0.3 is 6.18 Å². The lowest BCUT2D eigenvalue weighted by molar-refractivity contribution is -0.137. The molecule has 1 atom stereocenters. The number of halogens is 3. The third-order valence-electron chi connectivity index (χ3n) is 5.59. The highest BCUT2D eigenvalue weighted by Crippen LogP contribution is 2.36. The maximum atomic E-state index is 13.1. The number of H-pyrrole nitrogens is 1. The molecule has 1 saturated heterocycles. The lowest BCUT2D eigenvalue weighted by atomic mass is 9.90. The van der Waals surface area contributed by atoms with Crippen molar-refractivity contribution in [2.24, 2.45) is 7.05 Å². The predicted octanol–water partition coefficient (Wildman–Crippen LogP) is 4.52. The van der Waals surface area contributed by atoms with Crippen molar-refractivity contribution in [1.29, 1.82) is 0 Å². The van der Waals surface area contributed by atoms with Gasteiger partial charge < -0.3 is 0 Å². The second kappa shape index (κ2) is 7.67. The van der Waals surface area contributed by atoms with E-state index in [2.05, 4.69) is 20.2 Å². The molecule has 0 spiro atoms. The number of aryl methyl sites for hydroxylation is 2. The molecule has 0 amide bonds. The minimum atomic E-state index is -4.36. The first-order valence-corrected chi connectivity index (χ1v) is 9.73. The molecule has 5 nitrogen and oxygen atoms in total. The molecule has 8 heteroatoms. The van der Waals surface area contributed by atoms with E-state index in [0.717, 1.165) is 55.5 Å². The van der Waals surface area contributed by atoms with E-state index in [9.17, 15) is 13.2 Å². The maximum Gasteiger partial charge on any atom is 0.416 e. The Labute approximate surface area is 167 Å². The summed E-state index contributed by atoms with van der Waals surface area (Å²) in [6.45, 7) is 4.67. The highest BCUT2D eigenvalue weighted by atomic mass is 19.4. The van der Waals surface area contributed by atoms with Crippen LogP contribution in [0.15, 0.2) is 36.7 Å². The number of nitrogens with one attached hydrogen (secondary N) is 1. The first-order chi connectivity index (χ1) is 13.8. The molecule has 1 N–H and O–H groups in total. The fourth-order valence-corrected chi connectivity index (χ4v) is 4.18. The van der Waals surface area contributed by atoms with Crippen LogP contribution < -0.4 is 0 Å². The fourth-order valence-electron chi connectivity index (χ4n) is 4.18. The smallest absolute Gasteiger partial charge is 0.298 e. The van der Waals surface area contributed by atoms with Crippen molar-refractivity contribution < 1.29 is 13.2 Å². The highest BCUT2D eigenvalue weighted by molar-refractivity contribution is 5.66. The molecule has 1 fully saturated rings. The summed E-state index contributed by atoms with van der Waals surface area (Å²) in [6.07, 6.45) is 1.34. The number of piperidine rings is 1. The molecule has 3 aromatic rings. The molecule has 1 aliphatic heterocycles. The molecule has 4 rings (SSSR count). The van der Waals surface area contributed by atoms with Gasteiger partial charge in [0, 0.05) is 49.1 Å². The Bertz CT molecular complexity index is 988. The molecule has 0 saturated carbocycles. The highest BCUT2D eigenvalue weighted by Gasteiger charge is 2.31. The summed E-state index contributed by atoms with van der Waals surface area (Å²) in [6, 6.07) is 5.46. The number of nitrogens with zero attached hydrogens (tertiary/aromatic N) is 4. The van der Waals surface area contributed by atoms with Crippen molar-refractivity contribution in [1.82, 2.24) is 24.9 Å². The van der Waals surface area contributed by atoms with Crippen LogP contribution in [0.3, 0.4) is 0 Å². The Hall–Kier alpha value is -2.61. The lowest BCUT2D eigenvalue weighted by Gasteiger charge is -2.32. The molecule has 0 unspecified atom stereocenters. The molecular formula is C21H24F3N5. The van der Waals surface area contributed by atoms with Crippen LogP contribution >= 0.6 is 0 Å². The Morgan fingerprint density at radius 3 is 2.83 bits per heavy atom. The molecule has 29 heavy (non-hydrogen) atoms. The number of hydrogen-bond acceptors (Lipinski definition) is 3. The van der Waals surface area contributed by atoms with Gasteiger partial charge in [-0.1, -0.05) is 12.1 Å². The third kappa shape index (κ3) is 4.22. The van der Waals surface area contributed by atoms with E-state index in [-0.39, 0.29) is 5.92 Å². The number of hydrogen-bond donors (Lipinski definition) is 1. The molecule has 2 aromatic heterocycles. The molecule has 1 aromatic carbocycles. The zero-order valence-electron chi connectivity index (χ0n) is 16.5. The van der Waals surface area contributed by atoms with E-state index in [1.54, 1.807) is 12.3 Å². The largest absolute Gasteiger partial charge is 0.416 e. The molecule has 154 valence electrons. The minimum Gasteiger partial charge on any atom is -0.298 e. The van der Waals surface area contributed by atoms with Crippen LogP contribution in [0.1, 0.15) is 41.3 Å². The monoisotopic (exact) mass is 403 g/mol. The normalized spacial score (nSPS) is 18.3. The predicted molar refractivity (Wildman–Crippen MR) is 104 cm³/mol. The van der Waals surface area contributed by atoms with Gasteiger partial charge in [-0.3, -0.25) is 14.7 Å². The summed E-state index contributed by atoms with van der Waals surface area (Å²) >= 11 is 0. The van der Waals surface area contributed by atoms with Gasteiger partial charge in [0.15, 0.2) is 0 Å². The second-order valence-corrected chi connectivity index (χ2v) is 7.76. The SMILES string of the molecule is Cc1nn(C)cc1CN1CCC[C@@H](c2[nH]ncc2-c2cccc(C(F)(F)F)c2)C1. The molecule has 3 heterocycles. The number of benzene rings is 1. The number of likely N-dealkylation sites (tertiary alicyclic amines) is 1. The summed E-state index contributed by atoms with van der Waals surface area (Å²) in [7, 11) is 1.92. The molecule has 1 aliphatic rings. The van der Waals surface area contributed by atoms with Crippen molar-refractivity contribution in [2.45, 2.75) is 38.4 Å². The van der Waals surface area contributed by atoms with E-state index in [0.29, 0.717) is 5.56 Å². The lowest BCUT2D eigenvalue weighted by Crippen LogP contribution is -2.34. The number of rotatable bonds is 4. The van der Waals surface area contributed by atoms with E-state index in [4.69, 9.17) is 0 Å². The number of alkyl halides is 3. The van der Waals surface area contributed by atoms with Crippen LogP contribution in [0.2, 0.25) is 0 Å².